The summed E-state index contributed by atoms with van der Waals surface area (Å²) >= 11 is 0. The van der Waals surface area contributed by atoms with Gasteiger partial charge in [0.2, 0.25) is 5.78 Å². The number of ketones is 1. The second-order valence-electron chi connectivity index (χ2n) is 5.32. The summed E-state index contributed by atoms with van der Waals surface area (Å²) in [6, 6.07) is 9.38. The molecule has 3 nitrogen and oxygen atoms in total. The number of carbonyl (C=O) groups is 1. The van der Waals surface area contributed by atoms with Crippen molar-refractivity contribution in [3.8, 4) is 0 Å². The zero-order valence-corrected chi connectivity index (χ0v) is 9.84. The van der Waals surface area contributed by atoms with Crippen LogP contribution in [0.2, 0.25) is 0 Å². The first kappa shape index (κ1) is 10.9. The van der Waals surface area contributed by atoms with E-state index in [1.807, 2.05) is 18.2 Å². The summed E-state index contributed by atoms with van der Waals surface area (Å²) in [6.45, 7) is 0.763. The van der Waals surface area contributed by atoms with E-state index in [0.717, 1.165) is 12.8 Å². The maximum atomic E-state index is 12.6. The average Bonchev–Trinajstić information content (AvgIpc) is 2.49. The van der Waals surface area contributed by atoms with Gasteiger partial charge in [-0.15, -0.1) is 0 Å². The van der Waals surface area contributed by atoms with Crippen LogP contribution in [0.5, 0.6) is 0 Å². The van der Waals surface area contributed by atoms with Crippen molar-refractivity contribution >= 4 is 5.78 Å². The van der Waals surface area contributed by atoms with E-state index < -0.39 is 0 Å². The Morgan fingerprint density at radius 2 is 2.00 bits per heavy atom. The molecule has 1 saturated heterocycles. The van der Waals surface area contributed by atoms with Crippen LogP contribution in [0.1, 0.15) is 29.6 Å². The minimum absolute atomic E-state index is 0.00634. The molecule has 3 atom stereocenters. The van der Waals surface area contributed by atoms with Crippen molar-refractivity contribution in [1.29, 1.82) is 0 Å². The topological polar surface area (TPSA) is 40.1 Å². The maximum Gasteiger partial charge on any atom is 0.217 e. The SMILES string of the molecule is O=C(C[N+]1([O-])CCC2CCC21)c1ccccc1. The molecule has 3 unspecified atom stereocenters. The molecule has 1 heterocycles. The molecular weight excluding hydrogens is 214 g/mol. The van der Waals surface area contributed by atoms with E-state index in [9.17, 15) is 10.0 Å². The second-order valence-corrected chi connectivity index (χ2v) is 5.32. The standard InChI is InChI=1S/C14H17NO2/c16-14(12-4-2-1-3-5-12)10-15(17)9-8-11-6-7-13(11)15/h1-5,11,13H,6-10H2. The number of fused-ring (bicyclic) bond motifs is 1. The zero-order valence-electron chi connectivity index (χ0n) is 9.84. The number of quaternary nitrogens is 1. The highest BCUT2D eigenvalue weighted by molar-refractivity contribution is 5.97. The van der Waals surface area contributed by atoms with Crippen LogP contribution in [0.4, 0.5) is 0 Å². The quantitative estimate of drug-likeness (QED) is 0.455. The van der Waals surface area contributed by atoms with Crippen molar-refractivity contribution in [2.45, 2.75) is 25.3 Å². The molecule has 0 spiro atoms. The molecule has 1 aromatic carbocycles. The molecule has 0 radical (unpaired) electrons. The van der Waals surface area contributed by atoms with E-state index >= 15 is 0 Å². The van der Waals surface area contributed by atoms with Gasteiger partial charge < -0.3 is 9.85 Å². The lowest BCUT2D eigenvalue weighted by molar-refractivity contribution is -0.891. The predicted molar refractivity (Wildman–Crippen MR) is 65.3 cm³/mol. The van der Waals surface area contributed by atoms with Gasteiger partial charge in [-0.1, -0.05) is 30.3 Å². The number of carbonyl (C=O) groups excluding carboxylic acids is 1. The summed E-state index contributed by atoms with van der Waals surface area (Å²) in [5.74, 6) is 0.587. The highest BCUT2D eigenvalue weighted by atomic mass is 16.6. The number of rotatable bonds is 3. The van der Waals surface area contributed by atoms with Gasteiger partial charge in [0.15, 0.2) is 0 Å². The third-order valence-corrected chi connectivity index (χ3v) is 4.37. The van der Waals surface area contributed by atoms with Gasteiger partial charge in [-0.05, 0) is 6.42 Å². The molecule has 17 heavy (non-hydrogen) atoms. The van der Waals surface area contributed by atoms with E-state index in [1.54, 1.807) is 12.1 Å². The Morgan fingerprint density at radius 1 is 1.24 bits per heavy atom. The third kappa shape index (κ3) is 1.79. The first-order valence-electron chi connectivity index (χ1n) is 6.35. The Labute approximate surface area is 101 Å². The molecule has 1 saturated carbocycles. The van der Waals surface area contributed by atoms with Gasteiger partial charge in [0.25, 0.3) is 0 Å². The lowest BCUT2D eigenvalue weighted by Gasteiger charge is -2.48. The van der Waals surface area contributed by atoms with Crippen LogP contribution < -0.4 is 0 Å². The summed E-state index contributed by atoms with van der Waals surface area (Å²) < 4.78 is -0.265. The van der Waals surface area contributed by atoms with Crippen LogP contribution in [-0.2, 0) is 0 Å². The highest BCUT2D eigenvalue weighted by Gasteiger charge is 2.49. The number of hydroxylamine groups is 3. The van der Waals surface area contributed by atoms with Crippen LogP contribution in [-0.4, -0.2) is 29.6 Å². The Morgan fingerprint density at radius 3 is 2.59 bits per heavy atom. The minimum atomic E-state index is -0.265. The molecule has 0 bridgehead atoms. The molecule has 0 aromatic heterocycles. The van der Waals surface area contributed by atoms with E-state index in [-0.39, 0.29) is 23.0 Å². The lowest BCUT2D eigenvalue weighted by atomic mass is 9.80. The number of Topliss-reactive ketones (excluding diaryl/α,β-unsaturated/α-hetero) is 1. The molecule has 1 aliphatic heterocycles. The summed E-state index contributed by atoms with van der Waals surface area (Å²) in [7, 11) is 0. The van der Waals surface area contributed by atoms with E-state index in [2.05, 4.69) is 0 Å². The molecule has 1 aromatic rings. The summed E-state index contributed by atoms with van der Waals surface area (Å²) in [6.07, 6.45) is 3.21. The van der Waals surface area contributed by atoms with Crippen molar-refractivity contribution in [3.05, 3.63) is 41.1 Å². The molecule has 3 rings (SSSR count). The molecule has 2 aliphatic rings. The molecule has 0 amide bonds. The predicted octanol–water partition coefficient (Wildman–Crippen LogP) is 2.37. The first-order valence-corrected chi connectivity index (χ1v) is 6.35. The van der Waals surface area contributed by atoms with Gasteiger partial charge in [-0.3, -0.25) is 4.79 Å². The lowest BCUT2D eigenvalue weighted by Crippen LogP contribution is -2.54. The van der Waals surface area contributed by atoms with Crippen molar-refractivity contribution in [1.82, 2.24) is 0 Å². The van der Waals surface area contributed by atoms with Crippen LogP contribution in [0, 0.1) is 11.1 Å². The monoisotopic (exact) mass is 231 g/mol. The van der Waals surface area contributed by atoms with Crippen LogP contribution in [0.15, 0.2) is 30.3 Å². The Balaban J connectivity index is 1.73. The van der Waals surface area contributed by atoms with E-state index in [1.165, 1.54) is 6.42 Å². The summed E-state index contributed by atoms with van der Waals surface area (Å²) in [5.41, 5.74) is 0.670. The number of hydrogen-bond acceptors (Lipinski definition) is 2. The molecule has 2 fully saturated rings. The van der Waals surface area contributed by atoms with E-state index in [0.29, 0.717) is 18.0 Å². The highest BCUT2D eigenvalue weighted by Crippen LogP contribution is 2.44. The molecule has 90 valence electrons. The van der Waals surface area contributed by atoms with E-state index in [4.69, 9.17) is 0 Å². The fourth-order valence-electron chi connectivity index (χ4n) is 3.21. The van der Waals surface area contributed by atoms with Gasteiger partial charge in [0.1, 0.15) is 6.54 Å². The molecular formula is C14H17NO2. The Bertz CT molecular complexity index is 431. The maximum absolute atomic E-state index is 12.6. The van der Waals surface area contributed by atoms with Crippen LogP contribution in [0.3, 0.4) is 0 Å². The smallest absolute Gasteiger partial charge is 0.217 e. The van der Waals surface area contributed by atoms with Gasteiger partial charge in [0.05, 0.1) is 12.6 Å². The first-order chi connectivity index (χ1) is 8.19. The average molecular weight is 231 g/mol. The third-order valence-electron chi connectivity index (χ3n) is 4.37. The van der Waals surface area contributed by atoms with Gasteiger partial charge in [-0.2, -0.15) is 0 Å². The molecule has 1 aliphatic carbocycles. The fraction of sp³-hybridized carbons (Fsp3) is 0.500. The Kier molecular flexibility index (Phi) is 2.53. The number of hydrogen-bond donors (Lipinski definition) is 0. The fourth-order valence-corrected chi connectivity index (χ4v) is 3.21. The minimum Gasteiger partial charge on any atom is -0.632 e. The van der Waals surface area contributed by atoms with Crippen LogP contribution >= 0.6 is 0 Å². The van der Waals surface area contributed by atoms with Gasteiger partial charge >= 0.3 is 0 Å². The largest absolute Gasteiger partial charge is 0.632 e. The van der Waals surface area contributed by atoms with Crippen molar-refractivity contribution in [2.75, 3.05) is 13.1 Å². The van der Waals surface area contributed by atoms with Crippen molar-refractivity contribution in [3.63, 3.8) is 0 Å². The van der Waals surface area contributed by atoms with Crippen molar-refractivity contribution in [2.24, 2.45) is 5.92 Å². The summed E-state index contributed by atoms with van der Waals surface area (Å²) in [4.78, 5) is 12.1. The van der Waals surface area contributed by atoms with Crippen molar-refractivity contribution < 1.29 is 9.44 Å². The Hall–Kier alpha value is -1.19. The van der Waals surface area contributed by atoms with Crippen LogP contribution in [0.25, 0.3) is 0 Å². The molecule has 3 heteroatoms. The zero-order chi connectivity index (χ0) is 11.9. The number of benzene rings is 1. The summed E-state index contributed by atoms with van der Waals surface area (Å²) in [5, 5.41) is 12.6. The second kappa shape index (κ2) is 3.93. The van der Waals surface area contributed by atoms with Gasteiger partial charge in [0, 0.05) is 24.3 Å². The van der Waals surface area contributed by atoms with Gasteiger partial charge in [-0.25, -0.2) is 0 Å². The normalized spacial score (nSPS) is 35.1. The number of nitrogens with zero attached hydrogens (tertiary/aromatic N) is 1. The number of likely N-dealkylation sites (tertiary alicyclic amines) is 1. The molecule has 0 N–H and O–H groups in total.